The fourth-order valence-corrected chi connectivity index (χ4v) is 3.36. The number of hydrogen-bond acceptors (Lipinski definition) is 3. The SMILES string of the molecule is CC[C@@H]1CN(C(=O)Nc2cc(F)c(OC)c(F)c2)CCS1. The predicted octanol–water partition coefficient (Wildman–Crippen LogP) is 3.33. The number of methoxy groups -OCH3 is 1. The summed E-state index contributed by atoms with van der Waals surface area (Å²) >= 11 is 1.84. The Balaban J connectivity index is 2.06. The van der Waals surface area contributed by atoms with E-state index < -0.39 is 17.4 Å². The molecule has 0 saturated carbocycles. The molecule has 0 radical (unpaired) electrons. The number of amides is 2. The van der Waals surface area contributed by atoms with Crippen molar-refractivity contribution in [2.24, 2.45) is 0 Å². The van der Waals surface area contributed by atoms with Gasteiger partial charge < -0.3 is 15.0 Å². The smallest absolute Gasteiger partial charge is 0.321 e. The minimum absolute atomic E-state index is 0.0853. The van der Waals surface area contributed by atoms with Crippen molar-refractivity contribution in [1.82, 2.24) is 4.90 Å². The zero-order valence-corrected chi connectivity index (χ0v) is 12.8. The molecule has 7 heteroatoms. The zero-order chi connectivity index (χ0) is 15.4. The van der Waals surface area contributed by atoms with Crippen molar-refractivity contribution in [3.63, 3.8) is 0 Å². The number of carbonyl (C=O) groups is 1. The Labute approximate surface area is 126 Å². The van der Waals surface area contributed by atoms with E-state index in [-0.39, 0.29) is 11.7 Å². The van der Waals surface area contributed by atoms with E-state index in [1.165, 1.54) is 7.11 Å². The summed E-state index contributed by atoms with van der Waals surface area (Å²) in [6.07, 6.45) is 0.986. The number of benzene rings is 1. The second-order valence-corrected chi connectivity index (χ2v) is 6.16. The molecule has 2 rings (SSSR count). The largest absolute Gasteiger partial charge is 0.491 e. The van der Waals surface area contributed by atoms with E-state index in [1.54, 1.807) is 4.90 Å². The molecule has 1 aliphatic rings. The Bertz CT molecular complexity index is 505. The van der Waals surface area contributed by atoms with Crippen molar-refractivity contribution >= 4 is 23.5 Å². The van der Waals surface area contributed by atoms with Gasteiger partial charge in [-0.1, -0.05) is 6.92 Å². The van der Waals surface area contributed by atoms with Crippen molar-refractivity contribution in [2.75, 3.05) is 31.3 Å². The summed E-state index contributed by atoms with van der Waals surface area (Å²) in [5.74, 6) is -1.26. The Morgan fingerprint density at radius 3 is 2.71 bits per heavy atom. The minimum atomic E-state index is -0.839. The van der Waals surface area contributed by atoms with Crippen LogP contribution in [0.2, 0.25) is 0 Å². The van der Waals surface area contributed by atoms with Gasteiger partial charge in [0.25, 0.3) is 0 Å². The Morgan fingerprint density at radius 1 is 1.48 bits per heavy atom. The van der Waals surface area contributed by atoms with Gasteiger partial charge in [-0.2, -0.15) is 11.8 Å². The first kappa shape index (κ1) is 15.9. The molecule has 1 fully saturated rings. The van der Waals surface area contributed by atoms with Crippen LogP contribution in [0.15, 0.2) is 12.1 Å². The summed E-state index contributed by atoms with van der Waals surface area (Å²) in [7, 11) is 1.19. The average Bonchev–Trinajstić information content (AvgIpc) is 2.47. The third-order valence-electron chi connectivity index (χ3n) is 3.34. The number of nitrogens with one attached hydrogen (secondary N) is 1. The third kappa shape index (κ3) is 3.78. The lowest BCUT2D eigenvalue weighted by atomic mass is 10.2. The number of ether oxygens (including phenoxy) is 1. The van der Waals surface area contributed by atoms with Gasteiger partial charge in [-0.3, -0.25) is 0 Å². The first-order chi connectivity index (χ1) is 10.0. The van der Waals surface area contributed by atoms with Gasteiger partial charge in [-0.15, -0.1) is 0 Å². The highest BCUT2D eigenvalue weighted by atomic mass is 32.2. The number of rotatable bonds is 3. The second-order valence-electron chi connectivity index (χ2n) is 4.75. The molecular formula is C14H18F2N2O2S. The fraction of sp³-hybridized carbons (Fsp3) is 0.500. The number of anilines is 1. The number of thioether (sulfide) groups is 1. The van der Waals surface area contributed by atoms with E-state index >= 15 is 0 Å². The summed E-state index contributed by atoms with van der Waals surface area (Å²) in [4.78, 5) is 13.8. The van der Waals surface area contributed by atoms with Crippen LogP contribution in [0.1, 0.15) is 13.3 Å². The summed E-state index contributed by atoms with van der Waals surface area (Å²) in [5.41, 5.74) is 0.0853. The topological polar surface area (TPSA) is 41.6 Å². The molecule has 1 N–H and O–H groups in total. The van der Waals surface area contributed by atoms with E-state index in [1.807, 2.05) is 11.8 Å². The van der Waals surface area contributed by atoms with E-state index in [0.717, 1.165) is 24.3 Å². The predicted molar refractivity (Wildman–Crippen MR) is 80.0 cm³/mol. The maximum absolute atomic E-state index is 13.6. The number of hydrogen-bond donors (Lipinski definition) is 1. The molecule has 1 atom stereocenters. The van der Waals surface area contributed by atoms with Crippen LogP contribution in [0.3, 0.4) is 0 Å². The molecule has 1 heterocycles. The van der Waals surface area contributed by atoms with Gasteiger partial charge in [0.05, 0.1) is 7.11 Å². The van der Waals surface area contributed by atoms with Gasteiger partial charge in [-0.25, -0.2) is 13.6 Å². The molecule has 0 aliphatic carbocycles. The van der Waals surface area contributed by atoms with E-state index in [9.17, 15) is 13.6 Å². The van der Waals surface area contributed by atoms with Crippen LogP contribution in [-0.4, -0.2) is 42.1 Å². The first-order valence-electron chi connectivity index (χ1n) is 6.75. The quantitative estimate of drug-likeness (QED) is 0.930. The van der Waals surface area contributed by atoms with Crippen molar-refractivity contribution in [1.29, 1.82) is 0 Å². The summed E-state index contributed by atoms with van der Waals surface area (Å²) in [5, 5.41) is 2.94. The second kappa shape index (κ2) is 6.98. The molecular weight excluding hydrogens is 298 g/mol. The average molecular weight is 316 g/mol. The molecule has 0 aromatic heterocycles. The number of nitrogens with zero attached hydrogens (tertiary/aromatic N) is 1. The molecule has 116 valence electrons. The molecule has 4 nitrogen and oxygen atoms in total. The normalized spacial score (nSPS) is 18.5. The van der Waals surface area contributed by atoms with Gasteiger partial charge in [0.15, 0.2) is 17.4 Å². The standard InChI is InChI=1S/C14H18F2N2O2S/c1-3-10-8-18(4-5-21-10)14(19)17-9-6-11(15)13(20-2)12(16)7-9/h6-7,10H,3-5,8H2,1-2H3,(H,17,19)/t10-/m1/s1. The van der Waals surface area contributed by atoms with Crippen LogP contribution in [0.5, 0.6) is 5.75 Å². The summed E-state index contributed by atoms with van der Waals surface area (Å²) < 4.78 is 31.8. The first-order valence-corrected chi connectivity index (χ1v) is 7.80. The van der Waals surface area contributed by atoms with Crippen LogP contribution in [0.4, 0.5) is 19.3 Å². The van der Waals surface area contributed by atoms with Gasteiger partial charge in [0, 0.05) is 41.9 Å². The summed E-state index contributed by atoms with van der Waals surface area (Å²) in [6, 6.07) is 1.77. The van der Waals surface area contributed by atoms with Gasteiger partial charge in [0.1, 0.15) is 0 Å². The van der Waals surface area contributed by atoms with Crippen LogP contribution < -0.4 is 10.1 Å². The maximum Gasteiger partial charge on any atom is 0.321 e. The highest BCUT2D eigenvalue weighted by Gasteiger charge is 2.23. The van der Waals surface area contributed by atoms with Crippen LogP contribution in [0, 0.1) is 11.6 Å². The highest BCUT2D eigenvalue weighted by molar-refractivity contribution is 8.00. The van der Waals surface area contributed by atoms with Crippen LogP contribution >= 0.6 is 11.8 Å². The van der Waals surface area contributed by atoms with Crippen molar-refractivity contribution in [3.05, 3.63) is 23.8 Å². The minimum Gasteiger partial charge on any atom is -0.491 e. The lowest BCUT2D eigenvalue weighted by molar-refractivity contribution is 0.213. The van der Waals surface area contributed by atoms with Gasteiger partial charge >= 0.3 is 6.03 Å². The number of halogens is 2. The Hall–Kier alpha value is -1.50. The van der Waals surface area contributed by atoms with E-state index in [2.05, 4.69) is 17.0 Å². The lowest BCUT2D eigenvalue weighted by Gasteiger charge is -2.31. The molecule has 0 bridgehead atoms. The Morgan fingerprint density at radius 2 is 2.14 bits per heavy atom. The third-order valence-corrected chi connectivity index (χ3v) is 4.71. The monoisotopic (exact) mass is 316 g/mol. The molecule has 1 aromatic carbocycles. The van der Waals surface area contributed by atoms with Gasteiger partial charge in [-0.05, 0) is 6.42 Å². The molecule has 21 heavy (non-hydrogen) atoms. The Kier molecular flexibility index (Phi) is 5.27. The fourth-order valence-electron chi connectivity index (χ4n) is 2.18. The molecule has 0 unspecified atom stereocenters. The van der Waals surface area contributed by atoms with Crippen molar-refractivity contribution in [3.8, 4) is 5.75 Å². The molecule has 1 aromatic rings. The number of carbonyl (C=O) groups excluding carboxylic acids is 1. The van der Waals surface area contributed by atoms with Gasteiger partial charge in [0.2, 0.25) is 0 Å². The number of urea groups is 1. The van der Waals surface area contributed by atoms with E-state index in [4.69, 9.17) is 0 Å². The zero-order valence-electron chi connectivity index (χ0n) is 12.0. The van der Waals surface area contributed by atoms with Crippen LogP contribution in [-0.2, 0) is 0 Å². The summed E-state index contributed by atoms with van der Waals surface area (Å²) in [6.45, 7) is 3.36. The molecule has 1 aliphatic heterocycles. The van der Waals surface area contributed by atoms with Crippen molar-refractivity contribution in [2.45, 2.75) is 18.6 Å². The maximum atomic E-state index is 13.6. The van der Waals surface area contributed by atoms with Crippen molar-refractivity contribution < 1.29 is 18.3 Å². The highest BCUT2D eigenvalue weighted by Crippen LogP contribution is 2.26. The van der Waals surface area contributed by atoms with E-state index in [0.29, 0.717) is 18.3 Å². The molecule has 1 saturated heterocycles. The molecule has 0 spiro atoms. The van der Waals surface area contributed by atoms with Crippen LogP contribution in [0.25, 0.3) is 0 Å². The lowest BCUT2D eigenvalue weighted by Crippen LogP contribution is -2.44. The molecule has 2 amide bonds.